The number of benzene rings is 1. The summed E-state index contributed by atoms with van der Waals surface area (Å²) in [6.45, 7) is 2.13. The summed E-state index contributed by atoms with van der Waals surface area (Å²) in [4.78, 5) is 22.5. The monoisotopic (exact) mass is 245 g/mol. The summed E-state index contributed by atoms with van der Waals surface area (Å²) in [5.41, 5.74) is 1.18. The van der Waals surface area contributed by atoms with Gasteiger partial charge in [-0.25, -0.2) is 0 Å². The number of aryl methyl sites for hydroxylation is 1. The number of hydrogen-bond acceptors (Lipinski definition) is 4. The third kappa shape index (κ3) is 2.14. The summed E-state index contributed by atoms with van der Waals surface area (Å²) >= 11 is 0. The summed E-state index contributed by atoms with van der Waals surface area (Å²) in [7, 11) is 1.38. The highest BCUT2D eigenvalue weighted by Gasteiger charge is 2.21. The lowest BCUT2D eigenvalue weighted by Gasteiger charge is -2.12. The Hall–Kier alpha value is -2.10. The molecular weight excluding hydrogens is 230 g/mol. The first-order chi connectivity index (χ1) is 8.67. The minimum Gasteiger partial charge on any atom is -0.491 e. The molecule has 2 rings (SSSR count). The molecule has 0 spiro atoms. The molecule has 0 aliphatic heterocycles. The van der Waals surface area contributed by atoms with Crippen LogP contribution in [0, 0.1) is 0 Å². The van der Waals surface area contributed by atoms with Gasteiger partial charge in [-0.3, -0.25) is 9.59 Å². The van der Waals surface area contributed by atoms with E-state index in [2.05, 4.69) is 12.2 Å². The van der Waals surface area contributed by atoms with Crippen LogP contribution in [0.25, 0.3) is 0 Å². The van der Waals surface area contributed by atoms with Gasteiger partial charge in [0.15, 0.2) is 5.75 Å². The number of methoxy groups -OCH3 is 1. The first kappa shape index (κ1) is 12.4. The lowest BCUT2D eigenvalue weighted by atomic mass is 10.1. The molecule has 0 aliphatic carbocycles. The topological polar surface area (TPSA) is 55.4 Å². The van der Waals surface area contributed by atoms with Gasteiger partial charge in [-0.1, -0.05) is 25.5 Å². The highest BCUT2D eigenvalue weighted by Crippen LogP contribution is 2.22. The maximum absolute atomic E-state index is 11.4. The van der Waals surface area contributed by atoms with Crippen LogP contribution in [0.3, 0.4) is 0 Å². The molecule has 0 atom stereocenters. The van der Waals surface area contributed by atoms with E-state index in [9.17, 15) is 9.59 Å². The number of nitrogens with one attached hydrogen (secondary N) is 1. The van der Waals surface area contributed by atoms with Crippen LogP contribution < -0.4 is 20.9 Å². The van der Waals surface area contributed by atoms with E-state index in [4.69, 9.17) is 4.74 Å². The second kappa shape index (κ2) is 5.04. The molecule has 0 aliphatic rings. The van der Waals surface area contributed by atoms with Gasteiger partial charge in [0.25, 0.3) is 10.9 Å². The molecule has 0 bridgehead atoms. The maximum Gasteiger partial charge on any atom is 0.272 e. The van der Waals surface area contributed by atoms with Gasteiger partial charge in [0.1, 0.15) is 5.69 Å². The predicted octanol–water partition coefficient (Wildman–Crippen LogP) is 1.99. The minimum atomic E-state index is -0.567. The zero-order valence-corrected chi connectivity index (χ0v) is 10.4. The normalized spacial score (nSPS) is 10.6. The van der Waals surface area contributed by atoms with Gasteiger partial charge >= 0.3 is 0 Å². The van der Waals surface area contributed by atoms with Crippen LogP contribution in [0.15, 0.2) is 33.9 Å². The van der Waals surface area contributed by atoms with Crippen molar-refractivity contribution in [3.8, 4) is 5.75 Å². The van der Waals surface area contributed by atoms with E-state index >= 15 is 0 Å². The molecule has 0 saturated heterocycles. The van der Waals surface area contributed by atoms with Crippen LogP contribution in [0.2, 0.25) is 0 Å². The Morgan fingerprint density at radius 1 is 1.11 bits per heavy atom. The maximum atomic E-state index is 11.4. The van der Waals surface area contributed by atoms with Crippen LogP contribution in [-0.4, -0.2) is 7.11 Å². The molecule has 2 aromatic rings. The highest BCUT2D eigenvalue weighted by atomic mass is 16.5. The number of ether oxygens (including phenoxy) is 1. The Kier molecular flexibility index (Phi) is 3.46. The Labute approximate surface area is 105 Å². The zero-order chi connectivity index (χ0) is 13.1. The lowest BCUT2D eigenvalue weighted by Crippen LogP contribution is -2.34. The average Bonchev–Trinajstić information content (AvgIpc) is 2.40. The SMILES string of the molecule is CCCc1ccc(Nc2c(OC)c(=O)c2=O)cc1. The van der Waals surface area contributed by atoms with Crippen molar-refractivity contribution >= 4 is 11.4 Å². The molecule has 0 radical (unpaired) electrons. The predicted molar refractivity (Wildman–Crippen MR) is 71.6 cm³/mol. The second-order valence-electron chi connectivity index (χ2n) is 4.14. The summed E-state index contributed by atoms with van der Waals surface area (Å²) in [5.74, 6) is 0.109. The highest BCUT2D eigenvalue weighted by molar-refractivity contribution is 5.69. The van der Waals surface area contributed by atoms with E-state index in [0.717, 1.165) is 18.5 Å². The first-order valence-corrected chi connectivity index (χ1v) is 5.90. The fraction of sp³-hybridized carbons (Fsp3) is 0.286. The van der Waals surface area contributed by atoms with E-state index in [-0.39, 0.29) is 11.4 Å². The summed E-state index contributed by atoms with van der Waals surface area (Å²) < 4.78 is 4.86. The quantitative estimate of drug-likeness (QED) is 0.818. The summed E-state index contributed by atoms with van der Waals surface area (Å²) in [5, 5.41) is 2.91. The second-order valence-corrected chi connectivity index (χ2v) is 4.14. The smallest absolute Gasteiger partial charge is 0.272 e. The van der Waals surface area contributed by atoms with Gasteiger partial charge in [-0.15, -0.1) is 0 Å². The lowest BCUT2D eigenvalue weighted by molar-refractivity contribution is 0.408. The molecule has 2 aromatic carbocycles. The van der Waals surface area contributed by atoms with Gasteiger partial charge in [-0.05, 0) is 24.1 Å². The largest absolute Gasteiger partial charge is 0.491 e. The van der Waals surface area contributed by atoms with Crippen molar-refractivity contribution in [1.82, 2.24) is 0 Å². The van der Waals surface area contributed by atoms with Crippen molar-refractivity contribution < 1.29 is 4.74 Å². The molecule has 18 heavy (non-hydrogen) atoms. The standard InChI is InChI=1S/C14H15NO3/c1-3-4-9-5-7-10(8-6-9)15-11-12(16)13(17)14(11)18-2/h5-8,15H,3-4H2,1-2H3. The third-order valence-electron chi connectivity index (χ3n) is 2.83. The van der Waals surface area contributed by atoms with Crippen molar-refractivity contribution in [2.24, 2.45) is 0 Å². The van der Waals surface area contributed by atoms with E-state index < -0.39 is 10.9 Å². The molecule has 0 aromatic heterocycles. The number of hydrogen-bond donors (Lipinski definition) is 1. The number of anilines is 2. The third-order valence-corrected chi connectivity index (χ3v) is 2.83. The van der Waals surface area contributed by atoms with Crippen molar-refractivity contribution in [3.63, 3.8) is 0 Å². The van der Waals surface area contributed by atoms with Crippen LogP contribution >= 0.6 is 0 Å². The van der Waals surface area contributed by atoms with Crippen molar-refractivity contribution in [3.05, 3.63) is 50.3 Å². The van der Waals surface area contributed by atoms with E-state index in [1.54, 1.807) is 0 Å². The van der Waals surface area contributed by atoms with E-state index in [1.165, 1.54) is 12.7 Å². The summed E-state index contributed by atoms with van der Waals surface area (Å²) in [6.07, 6.45) is 2.13. The molecule has 94 valence electrons. The fourth-order valence-corrected chi connectivity index (χ4v) is 1.87. The van der Waals surface area contributed by atoms with Crippen LogP contribution in [0.4, 0.5) is 11.4 Å². The Balaban J connectivity index is 2.17. The van der Waals surface area contributed by atoms with Crippen LogP contribution in [0.1, 0.15) is 18.9 Å². The zero-order valence-electron chi connectivity index (χ0n) is 10.4. The average molecular weight is 245 g/mol. The molecule has 4 heteroatoms. The van der Waals surface area contributed by atoms with E-state index in [0.29, 0.717) is 0 Å². The van der Waals surface area contributed by atoms with Crippen molar-refractivity contribution in [1.29, 1.82) is 0 Å². The van der Waals surface area contributed by atoms with Crippen LogP contribution in [0.5, 0.6) is 5.75 Å². The van der Waals surface area contributed by atoms with Gasteiger partial charge in [0.05, 0.1) is 7.11 Å². The first-order valence-electron chi connectivity index (χ1n) is 5.90. The molecule has 4 nitrogen and oxygen atoms in total. The number of rotatable bonds is 5. The van der Waals surface area contributed by atoms with Gasteiger partial charge < -0.3 is 10.1 Å². The Morgan fingerprint density at radius 2 is 1.78 bits per heavy atom. The minimum absolute atomic E-state index is 0.109. The van der Waals surface area contributed by atoms with Crippen molar-refractivity contribution in [2.75, 3.05) is 12.4 Å². The van der Waals surface area contributed by atoms with E-state index in [1.807, 2.05) is 24.3 Å². The van der Waals surface area contributed by atoms with Gasteiger partial charge in [0, 0.05) is 5.69 Å². The molecule has 0 fully saturated rings. The molecule has 0 heterocycles. The molecular formula is C14H15NO3. The summed E-state index contributed by atoms with van der Waals surface area (Å²) in [6, 6.07) is 7.79. The molecule has 0 amide bonds. The fourth-order valence-electron chi connectivity index (χ4n) is 1.87. The Bertz CT molecular complexity index is 607. The molecule has 1 N–H and O–H groups in total. The molecule has 0 saturated carbocycles. The molecule has 0 unspecified atom stereocenters. The van der Waals surface area contributed by atoms with Crippen molar-refractivity contribution in [2.45, 2.75) is 19.8 Å². The van der Waals surface area contributed by atoms with Gasteiger partial charge in [-0.2, -0.15) is 0 Å². The van der Waals surface area contributed by atoms with Crippen LogP contribution in [-0.2, 0) is 6.42 Å². The Morgan fingerprint density at radius 3 is 2.33 bits per heavy atom. The van der Waals surface area contributed by atoms with Gasteiger partial charge in [0.2, 0.25) is 0 Å².